The van der Waals surface area contributed by atoms with Crippen molar-refractivity contribution in [3.05, 3.63) is 97.2 Å². The summed E-state index contributed by atoms with van der Waals surface area (Å²) < 4.78 is 11.1. The summed E-state index contributed by atoms with van der Waals surface area (Å²) in [5, 5.41) is 9.58. The van der Waals surface area contributed by atoms with E-state index in [1.807, 2.05) is 0 Å². The number of hydrogen-bond donors (Lipinski definition) is 1. The first-order valence-corrected chi connectivity index (χ1v) is 19.8. The van der Waals surface area contributed by atoms with Gasteiger partial charge in [-0.25, -0.2) is 0 Å². The SMILES string of the molecule is CC/C=C\C/C=C\C/C=C\C/C=C\CCCCCCCCCOCC(CO)OC(=O)CCCCCC/C=C\C/C=C\C/C=C\C/C=C\CC. The summed E-state index contributed by atoms with van der Waals surface area (Å²) in [7, 11) is 0. The van der Waals surface area contributed by atoms with Crippen LogP contribution in [0, 0.1) is 0 Å². The number of unbranched alkanes of at least 4 members (excludes halogenated alkanes) is 11. The number of aliphatic hydroxyl groups is 1. The van der Waals surface area contributed by atoms with Crippen LogP contribution in [0.3, 0.4) is 0 Å². The molecule has 0 heterocycles. The van der Waals surface area contributed by atoms with Crippen LogP contribution in [0.25, 0.3) is 0 Å². The van der Waals surface area contributed by atoms with Crippen molar-refractivity contribution >= 4 is 5.97 Å². The third-order valence-corrected chi connectivity index (χ3v) is 7.90. The summed E-state index contributed by atoms with van der Waals surface area (Å²) in [5.41, 5.74) is 0. The Bertz CT molecular complexity index is 934. The minimum absolute atomic E-state index is 0.193. The van der Waals surface area contributed by atoms with E-state index in [2.05, 4.69) is 111 Å². The van der Waals surface area contributed by atoms with Crippen LogP contribution in [0.5, 0.6) is 0 Å². The van der Waals surface area contributed by atoms with Gasteiger partial charge < -0.3 is 14.6 Å². The number of ether oxygens (including phenoxy) is 2. The number of carbonyl (C=O) groups excluding carboxylic acids is 1. The Morgan fingerprint density at radius 3 is 1.29 bits per heavy atom. The molecule has 0 aliphatic heterocycles. The van der Waals surface area contributed by atoms with Crippen LogP contribution >= 0.6 is 0 Å². The average Bonchev–Trinajstić information content (AvgIpc) is 3.11. The number of aliphatic hydroxyl groups excluding tert-OH is 1. The third kappa shape index (κ3) is 39.6. The molecule has 1 atom stereocenters. The molecule has 0 rings (SSSR count). The first kappa shape index (κ1) is 46.3. The van der Waals surface area contributed by atoms with Crippen LogP contribution in [0.1, 0.15) is 155 Å². The van der Waals surface area contributed by atoms with Gasteiger partial charge in [0.05, 0.1) is 13.2 Å². The number of hydrogen-bond acceptors (Lipinski definition) is 4. The Morgan fingerprint density at radius 2 is 0.857 bits per heavy atom. The van der Waals surface area contributed by atoms with Crippen molar-refractivity contribution in [2.45, 2.75) is 161 Å². The fraction of sp³-hybridized carbons (Fsp3) is 0.622. The van der Waals surface area contributed by atoms with Crippen LogP contribution in [-0.4, -0.2) is 37.0 Å². The molecule has 0 aromatic rings. The second-order valence-electron chi connectivity index (χ2n) is 12.6. The average molecular weight is 679 g/mol. The van der Waals surface area contributed by atoms with Gasteiger partial charge in [-0.15, -0.1) is 0 Å². The second kappa shape index (κ2) is 41.5. The molecule has 0 fully saturated rings. The van der Waals surface area contributed by atoms with E-state index < -0.39 is 6.10 Å². The molecule has 0 aromatic carbocycles. The lowest BCUT2D eigenvalue weighted by molar-refractivity contribution is -0.154. The Kier molecular flexibility index (Phi) is 39.2. The summed E-state index contributed by atoms with van der Waals surface area (Å²) in [6.45, 7) is 5.05. The first-order chi connectivity index (χ1) is 24.2. The van der Waals surface area contributed by atoms with Crippen molar-refractivity contribution in [2.24, 2.45) is 0 Å². The number of esters is 1. The highest BCUT2D eigenvalue weighted by Gasteiger charge is 2.13. The lowest BCUT2D eigenvalue weighted by Crippen LogP contribution is -2.27. The summed E-state index contributed by atoms with van der Waals surface area (Å²) in [5.74, 6) is -0.233. The smallest absolute Gasteiger partial charge is 0.306 e. The highest BCUT2D eigenvalue weighted by Crippen LogP contribution is 2.11. The zero-order valence-corrected chi connectivity index (χ0v) is 31.7. The van der Waals surface area contributed by atoms with E-state index in [-0.39, 0.29) is 19.2 Å². The third-order valence-electron chi connectivity index (χ3n) is 7.90. The Labute approximate surface area is 302 Å². The fourth-order valence-corrected chi connectivity index (χ4v) is 5.01. The molecule has 0 saturated carbocycles. The Hall–Kier alpha value is -2.69. The molecular formula is C45H74O4. The van der Waals surface area contributed by atoms with Gasteiger partial charge in [0.15, 0.2) is 0 Å². The highest BCUT2D eigenvalue weighted by molar-refractivity contribution is 5.69. The quantitative estimate of drug-likeness (QED) is 0.0412. The largest absolute Gasteiger partial charge is 0.457 e. The zero-order chi connectivity index (χ0) is 35.6. The van der Waals surface area contributed by atoms with Crippen LogP contribution in [-0.2, 0) is 14.3 Å². The van der Waals surface area contributed by atoms with E-state index in [1.54, 1.807) is 0 Å². The Morgan fingerprint density at radius 1 is 0.490 bits per heavy atom. The molecule has 0 aliphatic carbocycles. The molecule has 4 nitrogen and oxygen atoms in total. The summed E-state index contributed by atoms with van der Waals surface area (Å²) >= 11 is 0. The topological polar surface area (TPSA) is 55.8 Å². The zero-order valence-electron chi connectivity index (χ0n) is 31.7. The summed E-state index contributed by atoms with van der Waals surface area (Å²) in [4.78, 5) is 12.2. The molecule has 0 radical (unpaired) electrons. The molecule has 1 unspecified atom stereocenters. The maximum Gasteiger partial charge on any atom is 0.306 e. The maximum absolute atomic E-state index is 12.2. The van der Waals surface area contributed by atoms with E-state index in [0.29, 0.717) is 13.0 Å². The molecule has 0 aliphatic rings. The van der Waals surface area contributed by atoms with Gasteiger partial charge in [0, 0.05) is 13.0 Å². The first-order valence-electron chi connectivity index (χ1n) is 19.8. The predicted octanol–water partition coefficient (Wildman–Crippen LogP) is 13.0. The van der Waals surface area contributed by atoms with Crippen molar-refractivity contribution in [3.8, 4) is 0 Å². The van der Waals surface area contributed by atoms with Gasteiger partial charge >= 0.3 is 5.97 Å². The van der Waals surface area contributed by atoms with Gasteiger partial charge in [-0.1, -0.05) is 156 Å². The van der Waals surface area contributed by atoms with Crippen LogP contribution in [0.4, 0.5) is 0 Å². The molecule has 0 bridgehead atoms. The molecule has 49 heavy (non-hydrogen) atoms. The normalized spacial score (nSPS) is 13.4. The van der Waals surface area contributed by atoms with E-state index in [0.717, 1.165) is 96.3 Å². The van der Waals surface area contributed by atoms with Gasteiger partial charge in [0.1, 0.15) is 6.10 Å². The number of allylic oxidation sites excluding steroid dienone is 16. The summed E-state index contributed by atoms with van der Waals surface area (Å²) in [6, 6.07) is 0. The molecular weight excluding hydrogens is 604 g/mol. The van der Waals surface area contributed by atoms with Crippen molar-refractivity contribution < 1.29 is 19.4 Å². The van der Waals surface area contributed by atoms with Crippen LogP contribution in [0.15, 0.2) is 97.2 Å². The van der Waals surface area contributed by atoms with Gasteiger partial charge in [-0.3, -0.25) is 4.79 Å². The maximum atomic E-state index is 12.2. The molecule has 0 saturated heterocycles. The summed E-state index contributed by atoms with van der Waals surface area (Å²) in [6.07, 6.45) is 58.8. The molecule has 0 amide bonds. The van der Waals surface area contributed by atoms with Crippen LogP contribution < -0.4 is 0 Å². The minimum atomic E-state index is -0.559. The highest BCUT2D eigenvalue weighted by atomic mass is 16.6. The standard InChI is InChI=1S/C45H74O4/c1-3-5-7-9-11-13-15-17-19-21-22-23-25-27-29-31-33-35-37-39-41-48-43-44(42-46)49-45(47)40-38-36-34-32-30-28-26-24-20-18-16-14-12-10-8-6-4-2/h5-8,11-14,17-20,22-23,26,28,44,46H,3-4,9-10,15-16,21,24-25,27,29-43H2,1-2H3/b7-5-,8-6-,13-11-,14-12-,19-17-,20-18-,23-22-,28-26-. The van der Waals surface area contributed by atoms with E-state index in [9.17, 15) is 9.90 Å². The van der Waals surface area contributed by atoms with E-state index >= 15 is 0 Å². The predicted molar refractivity (Wildman–Crippen MR) is 214 cm³/mol. The van der Waals surface area contributed by atoms with Crippen molar-refractivity contribution in [3.63, 3.8) is 0 Å². The van der Waals surface area contributed by atoms with E-state index in [4.69, 9.17) is 9.47 Å². The molecule has 0 aromatic heterocycles. The van der Waals surface area contributed by atoms with Crippen molar-refractivity contribution in [1.29, 1.82) is 0 Å². The molecule has 278 valence electrons. The monoisotopic (exact) mass is 679 g/mol. The lowest BCUT2D eigenvalue weighted by atomic mass is 10.1. The fourth-order valence-electron chi connectivity index (χ4n) is 5.01. The van der Waals surface area contributed by atoms with Crippen molar-refractivity contribution in [2.75, 3.05) is 19.8 Å². The Balaban J connectivity index is 3.55. The van der Waals surface area contributed by atoms with Gasteiger partial charge in [0.25, 0.3) is 0 Å². The van der Waals surface area contributed by atoms with Crippen LogP contribution in [0.2, 0.25) is 0 Å². The second-order valence-corrected chi connectivity index (χ2v) is 12.6. The van der Waals surface area contributed by atoms with E-state index in [1.165, 1.54) is 38.5 Å². The molecule has 4 heteroatoms. The molecule has 1 N–H and O–H groups in total. The van der Waals surface area contributed by atoms with Gasteiger partial charge in [-0.05, 0) is 89.9 Å². The van der Waals surface area contributed by atoms with Crippen molar-refractivity contribution in [1.82, 2.24) is 0 Å². The number of rotatable bonds is 35. The minimum Gasteiger partial charge on any atom is -0.457 e. The number of carbonyl (C=O) groups is 1. The van der Waals surface area contributed by atoms with Gasteiger partial charge in [-0.2, -0.15) is 0 Å². The molecule has 0 spiro atoms. The lowest BCUT2D eigenvalue weighted by Gasteiger charge is -2.15. The van der Waals surface area contributed by atoms with Gasteiger partial charge in [0.2, 0.25) is 0 Å².